The number of hydrogen-bond acceptors (Lipinski definition) is 2. The minimum absolute atomic E-state index is 0.241. The Morgan fingerprint density at radius 1 is 1.25 bits per heavy atom. The highest BCUT2D eigenvalue weighted by atomic mass is 16.2. The number of anilines is 1. The Hall–Kier alpha value is -2.36. The first-order valence-electron chi connectivity index (χ1n) is 4.80. The summed E-state index contributed by atoms with van der Waals surface area (Å²) >= 11 is 0. The average molecular weight is 213 g/mol. The minimum Gasteiger partial charge on any atom is -0.317 e. The topological polar surface area (TPSA) is 59.0 Å². The number of nitrogens with zero attached hydrogens (tertiary/aromatic N) is 1. The molecular formula is C12H11N3O+. The Morgan fingerprint density at radius 3 is 2.69 bits per heavy atom. The van der Waals surface area contributed by atoms with Crippen molar-refractivity contribution in [3.8, 4) is 0 Å². The van der Waals surface area contributed by atoms with Crippen molar-refractivity contribution < 1.29 is 9.47 Å². The quantitative estimate of drug-likeness (QED) is 0.571. The fourth-order valence-electron chi connectivity index (χ4n) is 1.31. The second-order valence-corrected chi connectivity index (χ2v) is 3.24. The molecule has 79 valence electrons. The smallest absolute Gasteiger partial charge is 0.317 e. The molecule has 1 amide bonds. The molecule has 0 unspecified atom stereocenters. The fraction of sp³-hybridized carbons (Fsp3) is 0. The number of carbonyl (C=O) groups is 1. The van der Waals surface area contributed by atoms with Crippen LogP contribution in [0.1, 0.15) is 10.5 Å². The molecule has 0 fully saturated rings. The first-order chi connectivity index (χ1) is 7.77. The van der Waals surface area contributed by atoms with Gasteiger partial charge in [-0.1, -0.05) is 16.8 Å². The standard InChI is InChI=1S/C12H10N3O/c13-15-9-5-4-8-11(15)12(16)14-10-6-2-1-3-7-10/h2-9H,(H2-,13,14,16)/p+1. The van der Waals surface area contributed by atoms with E-state index in [0.29, 0.717) is 11.4 Å². The van der Waals surface area contributed by atoms with E-state index in [2.05, 4.69) is 11.4 Å². The van der Waals surface area contributed by atoms with Crippen LogP contribution in [0.25, 0.3) is 0 Å². The summed E-state index contributed by atoms with van der Waals surface area (Å²) in [5.41, 5.74) is 1.11. The first kappa shape index (κ1) is 10.2. The summed E-state index contributed by atoms with van der Waals surface area (Å²) in [5.74, 6) is 5.38. The third kappa shape index (κ3) is 2.17. The van der Waals surface area contributed by atoms with E-state index in [1.807, 2.05) is 0 Å². The highest BCUT2D eigenvalue weighted by Gasteiger charge is 2.16. The van der Waals surface area contributed by atoms with E-state index in [-0.39, 0.29) is 5.91 Å². The van der Waals surface area contributed by atoms with Crippen LogP contribution in [0.3, 0.4) is 0 Å². The number of nitrogens with two attached hydrogens (primary N) is 1. The summed E-state index contributed by atoms with van der Waals surface area (Å²) in [6.07, 6.45) is 1.62. The third-order valence-electron chi connectivity index (χ3n) is 2.10. The maximum atomic E-state index is 11.8. The lowest BCUT2D eigenvalue weighted by Crippen LogP contribution is -2.50. The van der Waals surface area contributed by atoms with Crippen LogP contribution in [0.4, 0.5) is 5.69 Å². The lowest BCUT2D eigenvalue weighted by Gasteiger charge is -2.01. The lowest BCUT2D eigenvalue weighted by molar-refractivity contribution is -0.640. The Bertz CT molecular complexity index is 497. The number of nitrogens with one attached hydrogen (secondary N) is 1. The largest absolute Gasteiger partial charge is 0.323 e. The van der Waals surface area contributed by atoms with Crippen molar-refractivity contribution in [1.82, 2.24) is 0 Å². The number of aromatic nitrogens is 1. The number of carbonyl (C=O) groups excluding carboxylic acids is 1. The molecular weight excluding hydrogens is 202 g/mol. The van der Waals surface area contributed by atoms with Crippen LogP contribution < -0.4 is 15.8 Å². The molecule has 1 aromatic carbocycles. The summed E-state index contributed by atoms with van der Waals surface area (Å²) < 4.78 is 1.28. The number of amides is 1. The molecule has 3 N–H and O–H groups in total. The van der Waals surface area contributed by atoms with Gasteiger partial charge in [0.25, 0.3) is 5.69 Å². The van der Waals surface area contributed by atoms with Gasteiger partial charge in [-0.2, -0.15) is 0 Å². The van der Waals surface area contributed by atoms with Gasteiger partial charge in [0.2, 0.25) is 0 Å². The van der Waals surface area contributed by atoms with Crippen LogP contribution in [0, 0.1) is 6.07 Å². The molecule has 1 aromatic heterocycles. The second kappa shape index (κ2) is 4.44. The number of rotatable bonds is 2. The SMILES string of the molecule is N[n+]1ccccc1C(=O)Nc1cc[c]cc1. The molecule has 0 saturated carbocycles. The molecule has 0 atom stereocenters. The van der Waals surface area contributed by atoms with Gasteiger partial charge in [0.05, 0.1) is 0 Å². The number of benzene rings is 1. The summed E-state index contributed by atoms with van der Waals surface area (Å²) in [6.45, 7) is 0. The normalized spacial score (nSPS) is 9.75. The van der Waals surface area contributed by atoms with Crippen LogP contribution in [0.2, 0.25) is 0 Å². The maximum absolute atomic E-state index is 11.8. The molecule has 0 aliphatic heterocycles. The third-order valence-corrected chi connectivity index (χ3v) is 2.10. The highest BCUT2D eigenvalue weighted by molar-refractivity contribution is 6.01. The van der Waals surface area contributed by atoms with Crippen molar-refractivity contribution in [1.29, 1.82) is 0 Å². The number of pyridine rings is 1. The van der Waals surface area contributed by atoms with Gasteiger partial charge >= 0.3 is 5.91 Å². The molecule has 4 heteroatoms. The van der Waals surface area contributed by atoms with Gasteiger partial charge in [-0.3, -0.25) is 4.79 Å². The summed E-state index contributed by atoms with van der Waals surface area (Å²) in [7, 11) is 0. The second-order valence-electron chi connectivity index (χ2n) is 3.24. The molecule has 16 heavy (non-hydrogen) atoms. The lowest BCUT2D eigenvalue weighted by atomic mass is 10.3. The van der Waals surface area contributed by atoms with Crippen LogP contribution >= 0.6 is 0 Å². The molecule has 2 aromatic rings. The summed E-state index contributed by atoms with van der Waals surface area (Å²) in [6, 6.07) is 15.0. The van der Waals surface area contributed by atoms with Gasteiger partial charge in [-0.15, -0.1) is 0 Å². The van der Waals surface area contributed by atoms with Gasteiger partial charge in [0.15, 0.2) is 6.20 Å². The van der Waals surface area contributed by atoms with Crippen molar-refractivity contribution in [2.45, 2.75) is 0 Å². The first-order valence-corrected chi connectivity index (χ1v) is 4.80. The molecule has 0 aliphatic carbocycles. The van der Waals surface area contributed by atoms with E-state index >= 15 is 0 Å². The Morgan fingerprint density at radius 2 is 2.00 bits per heavy atom. The van der Waals surface area contributed by atoms with Crippen molar-refractivity contribution in [3.63, 3.8) is 0 Å². The summed E-state index contributed by atoms with van der Waals surface area (Å²) in [5, 5.41) is 2.74. The Kier molecular flexibility index (Phi) is 2.82. The van der Waals surface area contributed by atoms with E-state index < -0.39 is 0 Å². The van der Waals surface area contributed by atoms with E-state index in [1.165, 1.54) is 4.68 Å². The molecule has 0 aliphatic rings. The maximum Gasteiger partial charge on any atom is 0.323 e. The Labute approximate surface area is 93.3 Å². The van der Waals surface area contributed by atoms with Crippen LogP contribution in [-0.2, 0) is 0 Å². The van der Waals surface area contributed by atoms with Gasteiger partial charge in [0.1, 0.15) is 0 Å². The molecule has 1 radical (unpaired) electrons. The zero-order valence-electron chi connectivity index (χ0n) is 8.55. The van der Waals surface area contributed by atoms with Gasteiger partial charge in [-0.05, 0) is 24.3 Å². The molecule has 4 nitrogen and oxygen atoms in total. The van der Waals surface area contributed by atoms with Crippen molar-refractivity contribution in [2.24, 2.45) is 0 Å². The molecule has 1 heterocycles. The molecule has 2 rings (SSSR count). The monoisotopic (exact) mass is 213 g/mol. The van der Waals surface area contributed by atoms with Crippen molar-refractivity contribution >= 4 is 11.6 Å². The van der Waals surface area contributed by atoms with Crippen LogP contribution in [0.5, 0.6) is 0 Å². The summed E-state index contributed by atoms with van der Waals surface area (Å²) in [4.78, 5) is 11.8. The molecule has 0 bridgehead atoms. The number of hydrogen-bond donors (Lipinski definition) is 2. The zero-order valence-corrected chi connectivity index (χ0v) is 8.55. The van der Waals surface area contributed by atoms with Crippen LogP contribution in [-0.4, -0.2) is 5.91 Å². The average Bonchev–Trinajstić information content (AvgIpc) is 2.31. The van der Waals surface area contributed by atoms with E-state index in [4.69, 9.17) is 5.84 Å². The highest BCUT2D eigenvalue weighted by Crippen LogP contribution is 2.05. The predicted molar refractivity (Wildman–Crippen MR) is 60.0 cm³/mol. The van der Waals surface area contributed by atoms with Gasteiger partial charge in [-0.25, -0.2) is 5.84 Å². The van der Waals surface area contributed by atoms with E-state index in [9.17, 15) is 4.79 Å². The van der Waals surface area contributed by atoms with Gasteiger partial charge in [0, 0.05) is 17.8 Å². The zero-order chi connectivity index (χ0) is 11.4. The number of nitrogen functional groups attached to an aromatic ring is 1. The Balaban J connectivity index is 2.19. The van der Waals surface area contributed by atoms with E-state index in [1.54, 1.807) is 48.7 Å². The predicted octanol–water partition coefficient (Wildman–Crippen LogP) is 0.740. The molecule has 0 spiro atoms. The van der Waals surface area contributed by atoms with Crippen molar-refractivity contribution in [2.75, 3.05) is 11.2 Å². The van der Waals surface area contributed by atoms with Crippen molar-refractivity contribution in [3.05, 3.63) is 60.4 Å². The fourth-order valence-corrected chi connectivity index (χ4v) is 1.31. The van der Waals surface area contributed by atoms with Crippen LogP contribution in [0.15, 0.2) is 48.7 Å². The van der Waals surface area contributed by atoms with Gasteiger partial charge < -0.3 is 5.32 Å². The minimum atomic E-state index is -0.241. The van der Waals surface area contributed by atoms with E-state index in [0.717, 1.165) is 0 Å². The molecule has 0 saturated heterocycles.